The predicted molar refractivity (Wildman–Crippen MR) is 57.4 cm³/mol. The van der Waals surface area contributed by atoms with Crippen LogP contribution in [0.1, 0.15) is 39.0 Å². The molecule has 0 aromatic heterocycles. The van der Waals surface area contributed by atoms with Gasteiger partial charge in [-0.3, -0.25) is 0 Å². The molecule has 3 nitrogen and oxygen atoms in total. The van der Waals surface area contributed by atoms with Gasteiger partial charge in [-0.15, -0.1) is 0 Å². The number of rotatable bonds is 4. The number of aliphatic hydroxyl groups excluding tert-OH is 1. The molecule has 3 unspecified atom stereocenters. The standard InChI is InChI=1S/C11H23NO2/c1-9(14-2)8-12-10-6-4-3-5-7-11(10)13/h9-13H,3-8H2,1-2H3. The molecule has 1 aliphatic carbocycles. The molecule has 3 atom stereocenters. The summed E-state index contributed by atoms with van der Waals surface area (Å²) in [4.78, 5) is 0. The van der Waals surface area contributed by atoms with Crippen molar-refractivity contribution in [3.8, 4) is 0 Å². The highest BCUT2D eigenvalue weighted by atomic mass is 16.5. The van der Waals surface area contributed by atoms with E-state index in [2.05, 4.69) is 5.32 Å². The van der Waals surface area contributed by atoms with Crippen LogP contribution in [0.3, 0.4) is 0 Å². The zero-order valence-corrected chi connectivity index (χ0v) is 9.33. The molecular formula is C11H23NO2. The van der Waals surface area contributed by atoms with Gasteiger partial charge in [-0.1, -0.05) is 19.3 Å². The summed E-state index contributed by atoms with van der Waals surface area (Å²) in [5.74, 6) is 0. The topological polar surface area (TPSA) is 41.5 Å². The molecule has 3 heteroatoms. The molecule has 0 aliphatic heterocycles. The molecule has 0 amide bonds. The number of aliphatic hydroxyl groups is 1. The van der Waals surface area contributed by atoms with Crippen molar-refractivity contribution in [3.05, 3.63) is 0 Å². The van der Waals surface area contributed by atoms with Crippen LogP contribution in [0.2, 0.25) is 0 Å². The van der Waals surface area contributed by atoms with E-state index in [9.17, 15) is 5.11 Å². The van der Waals surface area contributed by atoms with Gasteiger partial charge in [-0.2, -0.15) is 0 Å². The largest absolute Gasteiger partial charge is 0.392 e. The first-order valence-electron chi connectivity index (χ1n) is 5.68. The van der Waals surface area contributed by atoms with Gasteiger partial charge in [-0.05, 0) is 19.8 Å². The Labute approximate surface area is 86.8 Å². The monoisotopic (exact) mass is 201 g/mol. The van der Waals surface area contributed by atoms with Crippen LogP contribution in [0.25, 0.3) is 0 Å². The van der Waals surface area contributed by atoms with Crippen LogP contribution < -0.4 is 5.32 Å². The zero-order valence-electron chi connectivity index (χ0n) is 9.33. The van der Waals surface area contributed by atoms with Crippen molar-refractivity contribution in [2.75, 3.05) is 13.7 Å². The minimum atomic E-state index is -0.165. The van der Waals surface area contributed by atoms with Crippen molar-refractivity contribution in [1.82, 2.24) is 5.32 Å². The normalized spacial score (nSPS) is 31.1. The van der Waals surface area contributed by atoms with E-state index < -0.39 is 0 Å². The lowest BCUT2D eigenvalue weighted by Crippen LogP contribution is -2.42. The summed E-state index contributed by atoms with van der Waals surface area (Å²) in [7, 11) is 1.72. The van der Waals surface area contributed by atoms with Crippen molar-refractivity contribution >= 4 is 0 Å². The maximum absolute atomic E-state index is 9.83. The maximum atomic E-state index is 9.83. The fourth-order valence-electron chi connectivity index (χ4n) is 1.93. The Balaban J connectivity index is 2.26. The molecule has 1 rings (SSSR count). The Bertz CT molecular complexity index is 152. The zero-order chi connectivity index (χ0) is 10.4. The van der Waals surface area contributed by atoms with Crippen molar-refractivity contribution < 1.29 is 9.84 Å². The van der Waals surface area contributed by atoms with Gasteiger partial charge in [0.15, 0.2) is 0 Å². The average Bonchev–Trinajstić information content (AvgIpc) is 2.39. The summed E-state index contributed by atoms with van der Waals surface area (Å²) < 4.78 is 5.16. The van der Waals surface area contributed by atoms with E-state index in [-0.39, 0.29) is 18.2 Å². The Kier molecular flexibility index (Phi) is 5.45. The molecule has 0 aromatic rings. The first-order chi connectivity index (χ1) is 6.74. The fourth-order valence-corrected chi connectivity index (χ4v) is 1.93. The maximum Gasteiger partial charge on any atom is 0.0693 e. The van der Waals surface area contributed by atoms with Crippen molar-refractivity contribution in [1.29, 1.82) is 0 Å². The smallest absolute Gasteiger partial charge is 0.0693 e. The molecule has 0 bridgehead atoms. The first kappa shape index (κ1) is 12.0. The Morgan fingerprint density at radius 1 is 1.36 bits per heavy atom. The van der Waals surface area contributed by atoms with E-state index in [0.29, 0.717) is 0 Å². The first-order valence-corrected chi connectivity index (χ1v) is 5.68. The molecule has 1 saturated carbocycles. The third-order valence-corrected chi connectivity index (χ3v) is 3.05. The van der Waals surface area contributed by atoms with Gasteiger partial charge in [0.25, 0.3) is 0 Å². The van der Waals surface area contributed by atoms with Crippen LogP contribution in [-0.2, 0) is 4.74 Å². The second kappa shape index (κ2) is 6.38. The molecule has 14 heavy (non-hydrogen) atoms. The van der Waals surface area contributed by atoms with Crippen LogP contribution in [-0.4, -0.2) is 37.0 Å². The second-order valence-electron chi connectivity index (χ2n) is 4.27. The lowest BCUT2D eigenvalue weighted by atomic mass is 10.1. The van der Waals surface area contributed by atoms with E-state index in [0.717, 1.165) is 19.4 Å². The Morgan fingerprint density at radius 3 is 2.79 bits per heavy atom. The summed E-state index contributed by atoms with van der Waals surface area (Å²) in [6, 6.07) is 0.273. The minimum Gasteiger partial charge on any atom is -0.392 e. The molecule has 0 spiro atoms. The van der Waals surface area contributed by atoms with E-state index in [1.807, 2.05) is 6.92 Å². The molecule has 84 valence electrons. The Morgan fingerprint density at radius 2 is 2.07 bits per heavy atom. The summed E-state index contributed by atoms with van der Waals surface area (Å²) in [6.07, 6.45) is 5.76. The lowest BCUT2D eigenvalue weighted by molar-refractivity contribution is 0.0880. The van der Waals surface area contributed by atoms with Gasteiger partial charge < -0.3 is 15.2 Å². The van der Waals surface area contributed by atoms with E-state index >= 15 is 0 Å². The van der Waals surface area contributed by atoms with Crippen molar-refractivity contribution in [3.63, 3.8) is 0 Å². The SMILES string of the molecule is COC(C)CNC1CCCCCC1O. The van der Waals surface area contributed by atoms with Crippen LogP contribution in [0.5, 0.6) is 0 Å². The highest BCUT2D eigenvalue weighted by Gasteiger charge is 2.21. The summed E-state index contributed by atoms with van der Waals surface area (Å²) in [6.45, 7) is 2.87. The van der Waals surface area contributed by atoms with Gasteiger partial charge in [0.05, 0.1) is 12.2 Å². The molecule has 0 radical (unpaired) electrons. The van der Waals surface area contributed by atoms with E-state index in [1.54, 1.807) is 7.11 Å². The average molecular weight is 201 g/mol. The number of methoxy groups -OCH3 is 1. The molecule has 0 aromatic carbocycles. The lowest BCUT2D eigenvalue weighted by Gasteiger charge is -2.23. The highest BCUT2D eigenvalue weighted by molar-refractivity contribution is 4.79. The van der Waals surface area contributed by atoms with Gasteiger partial charge in [0.2, 0.25) is 0 Å². The molecule has 1 aliphatic rings. The quantitative estimate of drug-likeness (QED) is 0.674. The molecule has 1 fully saturated rings. The van der Waals surface area contributed by atoms with Gasteiger partial charge >= 0.3 is 0 Å². The summed E-state index contributed by atoms with van der Waals surface area (Å²) in [5, 5.41) is 13.2. The van der Waals surface area contributed by atoms with Crippen LogP contribution >= 0.6 is 0 Å². The van der Waals surface area contributed by atoms with E-state index in [1.165, 1.54) is 19.3 Å². The third-order valence-electron chi connectivity index (χ3n) is 3.05. The van der Waals surface area contributed by atoms with E-state index in [4.69, 9.17) is 4.74 Å². The summed E-state index contributed by atoms with van der Waals surface area (Å²) >= 11 is 0. The molecular weight excluding hydrogens is 178 g/mol. The molecule has 0 heterocycles. The molecule has 0 saturated heterocycles. The van der Waals surface area contributed by atoms with Crippen molar-refractivity contribution in [2.24, 2.45) is 0 Å². The van der Waals surface area contributed by atoms with Crippen LogP contribution in [0.4, 0.5) is 0 Å². The number of hydrogen-bond donors (Lipinski definition) is 2. The van der Waals surface area contributed by atoms with Gasteiger partial charge in [0.1, 0.15) is 0 Å². The van der Waals surface area contributed by atoms with Gasteiger partial charge in [-0.25, -0.2) is 0 Å². The number of hydrogen-bond acceptors (Lipinski definition) is 3. The number of nitrogens with one attached hydrogen (secondary N) is 1. The number of ether oxygens (including phenoxy) is 1. The Hall–Kier alpha value is -0.120. The molecule has 2 N–H and O–H groups in total. The second-order valence-corrected chi connectivity index (χ2v) is 4.27. The highest BCUT2D eigenvalue weighted by Crippen LogP contribution is 2.17. The summed E-state index contributed by atoms with van der Waals surface area (Å²) in [5.41, 5.74) is 0. The van der Waals surface area contributed by atoms with Crippen LogP contribution in [0.15, 0.2) is 0 Å². The van der Waals surface area contributed by atoms with Crippen molar-refractivity contribution in [2.45, 2.75) is 57.3 Å². The third kappa shape index (κ3) is 3.95. The fraction of sp³-hybridized carbons (Fsp3) is 1.00. The minimum absolute atomic E-state index is 0.165. The van der Waals surface area contributed by atoms with Gasteiger partial charge in [0, 0.05) is 19.7 Å². The predicted octanol–water partition coefficient (Wildman–Crippen LogP) is 1.30. The van der Waals surface area contributed by atoms with Crippen LogP contribution in [0, 0.1) is 0 Å².